The van der Waals surface area contributed by atoms with Crippen LogP contribution in [0.5, 0.6) is 0 Å². The quantitative estimate of drug-likeness (QED) is 0.803. The Morgan fingerprint density at radius 1 is 1.25 bits per heavy atom. The Morgan fingerprint density at radius 3 is 2.70 bits per heavy atom. The monoisotopic (exact) mass is 278 g/mol. The minimum Gasteiger partial charge on any atom is -0.377 e. The number of amides is 1. The normalized spacial score (nSPS) is 51.6. The summed E-state index contributed by atoms with van der Waals surface area (Å²) in [6.45, 7) is 4.92. The van der Waals surface area contributed by atoms with Crippen molar-refractivity contribution in [1.29, 1.82) is 0 Å². The second-order valence-corrected chi connectivity index (χ2v) is 8.03. The van der Waals surface area contributed by atoms with E-state index in [-0.39, 0.29) is 23.3 Å². The van der Waals surface area contributed by atoms with Crippen molar-refractivity contribution >= 4 is 5.91 Å². The number of ether oxygens (including phenoxy) is 1. The van der Waals surface area contributed by atoms with Gasteiger partial charge in [0.1, 0.15) is 5.54 Å². The first-order chi connectivity index (χ1) is 9.44. The van der Waals surface area contributed by atoms with Gasteiger partial charge in [0.05, 0.1) is 6.10 Å². The van der Waals surface area contributed by atoms with Gasteiger partial charge in [0.25, 0.3) is 0 Å². The fourth-order valence-corrected chi connectivity index (χ4v) is 5.55. The highest BCUT2D eigenvalue weighted by Crippen LogP contribution is 2.58. The molecule has 4 fully saturated rings. The van der Waals surface area contributed by atoms with Gasteiger partial charge in [-0.2, -0.15) is 0 Å². The topological polar surface area (TPSA) is 64.3 Å². The Labute approximate surface area is 120 Å². The molecule has 0 aromatic heterocycles. The van der Waals surface area contributed by atoms with Crippen LogP contribution in [-0.4, -0.2) is 30.2 Å². The van der Waals surface area contributed by atoms with Gasteiger partial charge in [-0.3, -0.25) is 4.79 Å². The molecule has 3 saturated carbocycles. The molecular formula is C16H26N2O2. The van der Waals surface area contributed by atoms with Crippen molar-refractivity contribution in [2.24, 2.45) is 28.9 Å². The third-order valence-electron chi connectivity index (χ3n) is 6.88. The summed E-state index contributed by atoms with van der Waals surface area (Å²) in [5.74, 6) is 1.82. The molecule has 6 unspecified atom stereocenters. The summed E-state index contributed by atoms with van der Waals surface area (Å²) in [6, 6.07) is 0.374. The number of carbonyl (C=O) groups is 1. The maximum absolute atomic E-state index is 12.8. The molecule has 2 bridgehead atoms. The summed E-state index contributed by atoms with van der Waals surface area (Å²) in [6.07, 6.45) is 6.20. The fraction of sp³-hybridized carbons (Fsp3) is 0.938. The fourth-order valence-electron chi connectivity index (χ4n) is 5.55. The SMILES string of the molecule is CC1(C)C2OCCC2C1(N)C(=O)NC1CC2CCC1C2. The summed E-state index contributed by atoms with van der Waals surface area (Å²) < 4.78 is 5.77. The largest absolute Gasteiger partial charge is 0.377 e. The molecule has 4 rings (SSSR count). The van der Waals surface area contributed by atoms with Crippen molar-refractivity contribution in [3.63, 3.8) is 0 Å². The molecule has 112 valence electrons. The first kappa shape index (κ1) is 13.1. The highest BCUT2D eigenvalue weighted by molar-refractivity contribution is 5.89. The van der Waals surface area contributed by atoms with Gasteiger partial charge in [-0.05, 0) is 37.5 Å². The summed E-state index contributed by atoms with van der Waals surface area (Å²) in [5, 5.41) is 3.30. The lowest BCUT2D eigenvalue weighted by atomic mass is 9.48. The van der Waals surface area contributed by atoms with E-state index in [1.807, 2.05) is 0 Å². The zero-order chi connectivity index (χ0) is 14.1. The van der Waals surface area contributed by atoms with Crippen LogP contribution in [0.4, 0.5) is 0 Å². The van der Waals surface area contributed by atoms with Crippen LogP contribution >= 0.6 is 0 Å². The van der Waals surface area contributed by atoms with Gasteiger partial charge in [0.15, 0.2) is 0 Å². The maximum atomic E-state index is 12.8. The third-order valence-corrected chi connectivity index (χ3v) is 6.88. The molecule has 1 heterocycles. The Morgan fingerprint density at radius 2 is 2.05 bits per heavy atom. The van der Waals surface area contributed by atoms with E-state index in [1.165, 1.54) is 19.3 Å². The molecule has 0 radical (unpaired) electrons. The lowest BCUT2D eigenvalue weighted by molar-refractivity contribution is -0.176. The zero-order valence-electron chi connectivity index (χ0n) is 12.5. The number of nitrogens with one attached hydrogen (secondary N) is 1. The summed E-state index contributed by atoms with van der Waals surface area (Å²) >= 11 is 0. The second-order valence-electron chi connectivity index (χ2n) is 8.03. The van der Waals surface area contributed by atoms with Gasteiger partial charge in [-0.1, -0.05) is 20.3 Å². The molecule has 1 aliphatic heterocycles. The van der Waals surface area contributed by atoms with E-state index in [0.717, 1.165) is 25.4 Å². The van der Waals surface area contributed by atoms with Crippen LogP contribution in [0, 0.1) is 23.2 Å². The van der Waals surface area contributed by atoms with Gasteiger partial charge >= 0.3 is 0 Å². The van der Waals surface area contributed by atoms with E-state index < -0.39 is 5.54 Å². The van der Waals surface area contributed by atoms with Crippen LogP contribution in [0.2, 0.25) is 0 Å². The van der Waals surface area contributed by atoms with Gasteiger partial charge in [-0.25, -0.2) is 0 Å². The zero-order valence-corrected chi connectivity index (χ0v) is 12.5. The van der Waals surface area contributed by atoms with E-state index in [0.29, 0.717) is 12.0 Å². The number of fused-ring (bicyclic) bond motifs is 3. The molecule has 0 aromatic carbocycles. The van der Waals surface area contributed by atoms with Crippen molar-refractivity contribution in [3.05, 3.63) is 0 Å². The van der Waals surface area contributed by atoms with Crippen molar-refractivity contribution in [2.75, 3.05) is 6.61 Å². The molecule has 0 spiro atoms. The van der Waals surface area contributed by atoms with Crippen LogP contribution < -0.4 is 11.1 Å². The summed E-state index contributed by atoms with van der Waals surface area (Å²) in [5.41, 5.74) is 5.60. The number of hydrogen-bond acceptors (Lipinski definition) is 3. The van der Waals surface area contributed by atoms with Crippen LogP contribution in [0.15, 0.2) is 0 Å². The van der Waals surface area contributed by atoms with E-state index in [2.05, 4.69) is 19.2 Å². The summed E-state index contributed by atoms with van der Waals surface area (Å²) in [7, 11) is 0. The van der Waals surface area contributed by atoms with E-state index in [1.54, 1.807) is 0 Å². The molecule has 1 amide bonds. The van der Waals surface area contributed by atoms with Crippen LogP contribution in [-0.2, 0) is 9.53 Å². The molecule has 4 aliphatic rings. The number of nitrogens with two attached hydrogens (primary N) is 1. The number of carbonyl (C=O) groups excluding carboxylic acids is 1. The smallest absolute Gasteiger partial charge is 0.241 e. The van der Waals surface area contributed by atoms with Crippen molar-refractivity contribution < 1.29 is 9.53 Å². The van der Waals surface area contributed by atoms with Gasteiger partial charge < -0.3 is 15.8 Å². The Hall–Kier alpha value is -0.610. The van der Waals surface area contributed by atoms with Crippen molar-refractivity contribution in [1.82, 2.24) is 5.32 Å². The third kappa shape index (κ3) is 1.42. The molecule has 20 heavy (non-hydrogen) atoms. The minimum atomic E-state index is -0.740. The Balaban J connectivity index is 1.50. The molecule has 3 N–H and O–H groups in total. The first-order valence-electron chi connectivity index (χ1n) is 8.16. The van der Waals surface area contributed by atoms with E-state index >= 15 is 0 Å². The van der Waals surface area contributed by atoms with E-state index in [9.17, 15) is 4.79 Å². The maximum Gasteiger partial charge on any atom is 0.241 e. The predicted octanol–water partition coefficient (Wildman–Crippen LogP) is 1.43. The highest BCUT2D eigenvalue weighted by atomic mass is 16.5. The average molecular weight is 278 g/mol. The van der Waals surface area contributed by atoms with Crippen LogP contribution in [0.3, 0.4) is 0 Å². The molecule has 4 nitrogen and oxygen atoms in total. The van der Waals surface area contributed by atoms with Crippen LogP contribution in [0.25, 0.3) is 0 Å². The van der Waals surface area contributed by atoms with Crippen LogP contribution in [0.1, 0.15) is 46.0 Å². The lowest BCUT2D eigenvalue weighted by Gasteiger charge is -2.61. The molecule has 6 atom stereocenters. The standard InChI is InChI=1S/C16H26N2O2/c1-15(2)13-11(5-6-20-13)16(15,17)14(19)18-12-8-9-3-4-10(12)7-9/h9-13H,3-8,17H2,1-2H3,(H,18,19). The minimum absolute atomic E-state index is 0.0757. The molecule has 3 aliphatic carbocycles. The lowest BCUT2D eigenvalue weighted by Crippen LogP contribution is -2.80. The summed E-state index contributed by atoms with van der Waals surface area (Å²) in [4.78, 5) is 12.8. The van der Waals surface area contributed by atoms with Gasteiger partial charge in [-0.15, -0.1) is 0 Å². The van der Waals surface area contributed by atoms with E-state index in [4.69, 9.17) is 10.5 Å². The van der Waals surface area contributed by atoms with Gasteiger partial charge in [0, 0.05) is 24.0 Å². The van der Waals surface area contributed by atoms with Crippen molar-refractivity contribution in [2.45, 2.75) is 63.6 Å². The van der Waals surface area contributed by atoms with Crippen molar-refractivity contribution in [3.8, 4) is 0 Å². The molecule has 4 heteroatoms. The number of hydrogen-bond donors (Lipinski definition) is 2. The Kier molecular flexibility index (Phi) is 2.60. The number of rotatable bonds is 2. The van der Waals surface area contributed by atoms with Gasteiger partial charge in [0.2, 0.25) is 5.91 Å². The predicted molar refractivity (Wildman–Crippen MR) is 75.9 cm³/mol. The Bertz CT molecular complexity index is 450. The molecule has 1 saturated heterocycles. The average Bonchev–Trinajstić information content (AvgIpc) is 3.12. The second kappa shape index (κ2) is 3.98. The highest BCUT2D eigenvalue weighted by Gasteiger charge is 2.71. The molecular weight excluding hydrogens is 252 g/mol. The first-order valence-corrected chi connectivity index (χ1v) is 8.16. The molecule has 0 aromatic rings.